The largest absolute Gasteiger partial charge is 0.418 e. The number of anilines is 1. The van der Waals surface area contributed by atoms with Crippen molar-refractivity contribution < 1.29 is 13.2 Å². The molecule has 0 saturated carbocycles. The average molecular weight is 217 g/mol. The van der Waals surface area contributed by atoms with E-state index in [0.29, 0.717) is 0 Å². The van der Waals surface area contributed by atoms with Crippen LogP contribution < -0.4 is 4.90 Å². The monoisotopic (exact) mass is 217 g/mol. The van der Waals surface area contributed by atoms with Gasteiger partial charge in [-0.15, -0.1) is 0 Å². The minimum atomic E-state index is -4.29. The molecule has 1 nitrogen and oxygen atoms in total. The van der Waals surface area contributed by atoms with Crippen molar-refractivity contribution in [1.82, 2.24) is 0 Å². The maximum Gasteiger partial charge on any atom is 0.418 e. The van der Waals surface area contributed by atoms with Crippen LogP contribution in [-0.2, 0) is 6.18 Å². The summed E-state index contributed by atoms with van der Waals surface area (Å²) in [7, 11) is 1.66. The fourth-order valence-corrected chi connectivity index (χ4v) is 1.30. The normalized spacial score (nSPS) is 11.9. The van der Waals surface area contributed by atoms with E-state index in [1.807, 2.05) is 13.8 Å². The first-order valence-corrected chi connectivity index (χ1v) is 4.73. The molecular formula is C11H14F3N. The predicted molar refractivity (Wildman–Crippen MR) is 55.0 cm³/mol. The van der Waals surface area contributed by atoms with E-state index < -0.39 is 11.7 Å². The highest BCUT2D eigenvalue weighted by Crippen LogP contribution is 2.36. The van der Waals surface area contributed by atoms with Crippen LogP contribution in [0, 0.1) is 0 Å². The molecule has 1 rings (SSSR count). The molecule has 0 spiro atoms. The van der Waals surface area contributed by atoms with Gasteiger partial charge < -0.3 is 4.90 Å². The molecule has 4 heteroatoms. The first-order valence-electron chi connectivity index (χ1n) is 4.73. The summed E-state index contributed by atoms with van der Waals surface area (Å²) in [6, 6.07) is 5.65. The van der Waals surface area contributed by atoms with E-state index in [-0.39, 0.29) is 11.7 Å². The second kappa shape index (κ2) is 4.13. The van der Waals surface area contributed by atoms with Crippen molar-refractivity contribution >= 4 is 5.69 Å². The maximum absolute atomic E-state index is 12.6. The van der Waals surface area contributed by atoms with Crippen LogP contribution in [0.1, 0.15) is 19.4 Å². The Morgan fingerprint density at radius 3 is 2.13 bits per heavy atom. The summed E-state index contributed by atoms with van der Waals surface area (Å²) in [6.45, 7) is 3.71. The highest BCUT2D eigenvalue weighted by atomic mass is 19.4. The summed E-state index contributed by atoms with van der Waals surface area (Å²) >= 11 is 0. The molecule has 0 unspecified atom stereocenters. The molecule has 0 amide bonds. The Morgan fingerprint density at radius 1 is 1.13 bits per heavy atom. The molecule has 0 N–H and O–H groups in total. The zero-order valence-electron chi connectivity index (χ0n) is 8.97. The Balaban J connectivity index is 3.18. The Kier molecular flexibility index (Phi) is 3.27. The third-order valence-electron chi connectivity index (χ3n) is 2.36. The van der Waals surface area contributed by atoms with E-state index in [2.05, 4.69) is 0 Å². The van der Waals surface area contributed by atoms with Crippen molar-refractivity contribution in [3.8, 4) is 0 Å². The number of nitrogens with zero attached hydrogens (tertiary/aromatic N) is 1. The number of hydrogen-bond donors (Lipinski definition) is 0. The lowest BCUT2D eigenvalue weighted by Crippen LogP contribution is -2.28. The molecule has 0 saturated heterocycles. The van der Waals surface area contributed by atoms with Crippen molar-refractivity contribution in [3.63, 3.8) is 0 Å². The minimum absolute atomic E-state index is 0.0356. The Hall–Kier alpha value is -1.19. The van der Waals surface area contributed by atoms with Gasteiger partial charge in [0.2, 0.25) is 0 Å². The van der Waals surface area contributed by atoms with Crippen LogP contribution in [0.3, 0.4) is 0 Å². The summed E-state index contributed by atoms with van der Waals surface area (Å²) in [4.78, 5) is 1.61. The van der Waals surface area contributed by atoms with Gasteiger partial charge >= 0.3 is 6.18 Å². The third-order valence-corrected chi connectivity index (χ3v) is 2.36. The van der Waals surface area contributed by atoms with Crippen molar-refractivity contribution in [2.24, 2.45) is 0 Å². The number of hydrogen-bond acceptors (Lipinski definition) is 1. The van der Waals surface area contributed by atoms with E-state index in [1.165, 1.54) is 12.1 Å². The lowest BCUT2D eigenvalue weighted by atomic mass is 10.1. The van der Waals surface area contributed by atoms with Gasteiger partial charge in [0.05, 0.1) is 5.56 Å². The van der Waals surface area contributed by atoms with Gasteiger partial charge in [-0.1, -0.05) is 12.1 Å². The van der Waals surface area contributed by atoms with E-state index >= 15 is 0 Å². The van der Waals surface area contributed by atoms with Crippen LogP contribution in [0.2, 0.25) is 0 Å². The van der Waals surface area contributed by atoms with Crippen LogP contribution in [-0.4, -0.2) is 13.1 Å². The first-order chi connectivity index (χ1) is 6.84. The standard InChI is InChI=1S/C11H14F3N/c1-8(2)15(3)10-7-5-4-6-9(10)11(12,13)14/h4-8H,1-3H3. The van der Waals surface area contributed by atoms with E-state index in [9.17, 15) is 13.2 Å². The predicted octanol–water partition coefficient (Wildman–Crippen LogP) is 3.55. The van der Waals surface area contributed by atoms with Crippen LogP contribution in [0.25, 0.3) is 0 Å². The third kappa shape index (κ3) is 2.64. The molecule has 0 aliphatic carbocycles. The van der Waals surface area contributed by atoms with Crippen molar-refractivity contribution in [1.29, 1.82) is 0 Å². The first kappa shape index (κ1) is 11.9. The Morgan fingerprint density at radius 2 is 1.67 bits per heavy atom. The molecule has 15 heavy (non-hydrogen) atoms. The quantitative estimate of drug-likeness (QED) is 0.732. The molecule has 0 radical (unpaired) electrons. The zero-order chi connectivity index (χ0) is 11.6. The molecule has 1 aromatic carbocycles. The van der Waals surface area contributed by atoms with Gasteiger partial charge in [-0.25, -0.2) is 0 Å². The van der Waals surface area contributed by atoms with Gasteiger partial charge in [0.25, 0.3) is 0 Å². The minimum Gasteiger partial charge on any atom is -0.372 e. The summed E-state index contributed by atoms with van der Waals surface area (Å²) < 4.78 is 37.9. The number of para-hydroxylation sites is 1. The molecule has 0 heterocycles. The smallest absolute Gasteiger partial charge is 0.372 e. The van der Waals surface area contributed by atoms with E-state index in [4.69, 9.17) is 0 Å². The van der Waals surface area contributed by atoms with Gasteiger partial charge in [-0.05, 0) is 26.0 Å². The van der Waals surface area contributed by atoms with Crippen molar-refractivity contribution in [2.45, 2.75) is 26.1 Å². The summed E-state index contributed by atoms with van der Waals surface area (Å²) in [5, 5.41) is 0. The molecule has 84 valence electrons. The van der Waals surface area contributed by atoms with Crippen LogP contribution in [0.4, 0.5) is 18.9 Å². The molecule has 0 fully saturated rings. The van der Waals surface area contributed by atoms with Crippen LogP contribution in [0.5, 0.6) is 0 Å². The molecular weight excluding hydrogens is 203 g/mol. The molecule has 0 aliphatic heterocycles. The van der Waals surface area contributed by atoms with Crippen LogP contribution in [0.15, 0.2) is 24.3 Å². The second-order valence-electron chi connectivity index (χ2n) is 3.72. The lowest BCUT2D eigenvalue weighted by Gasteiger charge is -2.26. The highest BCUT2D eigenvalue weighted by Gasteiger charge is 2.34. The molecule has 1 aromatic rings. The van der Waals surface area contributed by atoms with Crippen molar-refractivity contribution in [2.75, 3.05) is 11.9 Å². The molecule has 0 bridgehead atoms. The summed E-state index contributed by atoms with van der Waals surface area (Å²) in [6.07, 6.45) is -4.29. The summed E-state index contributed by atoms with van der Waals surface area (Å²) in [5.74, 6) is 0. The van der Waals surface area contributed by atoms with Gasteiger partial charge in [0.1, 0.15) is 0 Å². The highest BCUT2D eigenvalue weighted by molar-refractivity contribution is 5.54. The average Bonchev–Trinajstić information content (AvgIpc) is 2.15. The maximum atomic E-state index is 12.6. The van der Waals surface area contributed by atoms with E-state index in [1.54, 1.807) is 18.0 Å². The SMILES string of the molecule is CC(C)N(C)c1ccccc1C(F)(F)F. The topological polar surface area (TPSA) is 3.24 Å². The number of halogens is 3. The van der Waals surface area contributed by atoms with Gasteiger partial charge in [-0.3, -0.25) is 0 Å². The Labute approximate surface area is 87.5 Å². The lowest BCUT2D eigenvalue weighted by molar-refractivity contribution is -0.137. The fourth-order valence-electron chi connectivity index (χ4n) is 1.30. The second-order valence-corrected chi connectivity index (χ2v) is 3.72. The van der Waals surface area contributed by atoms with Crippen LogP contribution >= 0.6 is 0 Å². The number of rotatable bonds is 2. The van der Waals surface area contributed by atoms with Gasteiger partial charge in [0.15, 0.2) is 0 Å². The summed E-state index contributed by atoms with van der Waals surface area (Å²) in [5.41, 5.74) is -0.360. The van der Waals surface area contributed by atoms with Gasteiger partial charge in [-0.2, -0.15) is 13.2 Å². The fraction of sp³-hybridized carbons (Fsp3) is 0.455. The van der Waals surface area contributed by atoms with E-state index in [0.717, 1.165) is 6.07 Å². The Bertz CT molecular complexity index is 331. The zero-order valence-corrected chi connectivity index (χ0v) is 8.97. The number of alkyl halides is 3. The molecule has 0 atom stereocenters. The molecule has 0 aliphatic rings. The van der Waals surface area contributed by atoms with Gasteiger partial charge in [0, 0.05) is 18.8 Å². The molecule has 0 aromatic heterocycles. The number of benzene rings is 1. The van der Waals surface area contributed by atoms with Crippen molar-refractivity contribution in [3.05, 3.63) is 29.8 Å².